The molecule has 1 aromatic heterocycles. The molecule has 5 fully saturated rings. The summed E-state index contributed by atoms with van der Waals surface area (Å²) in [5, 5.41) is 29.6. The predicted molar refractivity (Wildman–Crippen MR) is 306 cm³/mol. The summed E-state index contributed by atoms with van der Waals surface area (Å²) < 4.78 is 44.4. The number of aliphatic hydroxyl groups excluding tert-OH is 2. The van der Waals surface area contributed by atoms with Gasteiger partial charge in [0.25, 0.3) is 5.91 Å². The molecule has 11 atom stereocenters. The van der Waals surface area contributed by atoms with Crippen LogP contribution < -0.4 is 32.1 Å². The van der Waals surface area contributed by atoms with Crippen molar-refractivity contribution >= 4 is 31.3 Å². The van der Waals surface area contributed by atoms with Gasteiger partial charge in [0.05, 0.1) is 23.9 Å². The van der Waals surface area contributed by atoms with Crippen LogP contribution >= 0.6 is 7.82 Å². The zero-order valence-electron chi connectivity index (χ0n) is 48.6. The number of allylic oxidation sites excluding steroid dienone is 4. The molecule has 5 aliphatic carbocycles. The van der Waals surface area contributed by atoms with Gasteiger partial charge in [-0.05, 0) is 136 Å². The Bertz CT molecular complexity index is 2840. The molecule has 1 saturated heterocycles. The summed E-state index contributed by atoms with van der Waals surface area (Å²) in [6.45, 7) is 9.49. The van der Waals surface area contributed by atoms with E-state index >= 15 is 4.79 Å². The molecule has 2 heterocycles. The molecule has 1 amide bonds. The number of unbranched alkanes of at least 4 members (excludes halogenated alkanes) is 4. The summed E-state index contributed by atoms with van der Waals surface area (Å²) in [5.41, 5.74) is 0.504. The molecule has 6 N–H and O–H groups in total. The Morgan fingerprint density at radius 1 is 0.928 bits per heavy atom. The molecule has 0 radical (unpaired) electrons. The summed E-state index contributed by atoms with van der Waals surface area (Å²) >= 11 is 0. The van der Waals surface area contributed by atoms with Crippen LogP contribution in [0.15, 0.2) is 96.9 Å². The lowest BCUT2D eigenvalue weighted by Crippen LogP contribution is -3.00. The number of nitrogens with zero attached hydrogens (tertiary/aromatic N) is 1. The maximum Gasteiger partial charge on any atom is 0.524 e. The van der Waals surface area contributed by atoms with Crippen LogP contribution in [0.5, 0.6) is 5.75 Å². The monoisotopic (exact) mass is 1190 g/mol. The van der Waals surface area contributed by atoms with Gasteiger partial charge in [-0.15, -0.1) is 0 Å². The third-order valence-electron chi connectivity index (χ3n) is 19.0. The molecule has 19 heteroatoms. The number of ketones is 2. The normalized spacial score (nSPS) is 28.2. The van der Waals surface area contributed by atoms with Gasteiger partial charge in [0, 0.05) is 48.5 Å². The molecule has 2 aromatic carbocycles. The predicted octanol–water partition coefficient (Wildman–Crippen LogP) is 5.54. The van der Waals surface area contributed by atoms with Gasteiger partial charge in [0.1, 0.15) is 17.4 Å². The Labute approximate surface area is 495 Å². The summed E-state index contributed by atoms with van der Waals surface area (Å²) in [6, 6.07) is 17.1. The molecular weight excluding hydrogens is 1100 g/mol. The van der Waals surface area contributed by atoms with Crippen LogP contribution in [0, 0.1) is 40.4 Å². The number of rotatable bonds is 27. The summed E-state index contributed by atoms with van der Waals surface area (Å²) in [4.78, 5) is 75.5. The van der Waals surface area contributed by atoms with Gasteiger partial charge >= 0.3 is 13.8 Å². The number of carbonyl (C=O) groups is 4. The number of ether oxygens (including phenoxy) is 4. The number of hydrogen-bond donors (Lipinski definition) is 6. The minimum Gasteiger partial charge on any atom is -1.00 e. The third kappa shape index (κ3) is 14.8. The van der Waals surface area contributed by atoms with E-state index in [9.17, 15) is 38.9 Å². The van der Waals surface area contributed by atoms with Crippen molar-refractivity contribution in [2.75, 3.05) is 32.9 Å². The van der Waals surface area contributed by atoms with Gasteiger partial charge in [0.2, 0.25) is 5.78 Å². The Morgan fingerprint density at radius 2 is 1.67 bits per heavy atom. The largest absolute Gasteiger partial charge is 1.00 e. The zero-order valence-corrected chi connectivity index (χ0v) is 50.3. The first kappa shape index (κ1) is 64.4. The number of phosphoric acid groups is 1. The number of halogens is 1. The van der Waals surface area contributed by atoms with Crippen LogP contribution in [0.25, 0.3) is 0 Å². The second-order valence-corrected chi connectivity index (χ2v) is 26.0. The smallest absolute Gasteiger partial charge is 0.524 e. The van der Waals surface area contributed by atoms with E-state index in [1.165, 1.54) is 17.8 Å². The fourth-order valence-electron chi connectivity index (χ4n) is 14.8. The number of amides is 1. The van der Waals surface area contributed by atoms with Gasteiger partial charge in [-0.2, -0.15) is 4.57 Å². The molecular formula is C64H87ClN3O14P. The molecule has 0 spiro atoms. The van der Waals surface area contributed by atoms with Gasteiger partial charge in [-0.3, -0.25) is 24.2 Å². The van der Waals surface area contributed by atoms with Crippen molar-refractivity contribution in [3.8, 4) is 5.75 Å². The number of carbonyl (C=O) groups excluding carboxylic acids is 4. The van der Waals surface area contributed by atoms with Crippen LogP contribution in [0.1, 0.15) is 157 Å². The lowest BCUT2D eigenvalue weighted by atomic mass is 9.46. The van der Waals surface area contributed by atoms with Crippen molar-refractivity contribution in [2.45, 2.75) is 173 Å². The minimum absolute atomic E-state index is 0. The molecule has 3 aromatic rings. The van der Waals surface area contributed by atoms with Gasteiger partial charge in [0.15, 0.2) is 43.2 Å². The highest BCUT2D eigenvalue weighted by molar-refractivity contribution is 7.46. The first-order valence-electron chi connectivity index (χ1n) is 30.1. The zero-order chi connectivity index (χ0) is 58.2. The van der Waals surface area contributed by atoms with Crippen molar-refractivity contribution in [3.05, 3.63) is 119 Å². The average molecular weight is 1190 g/mol. The molecule has 0 bridgehead atoms. The van der Waals surface area contributed by atoms with Crippen LogP contribution in [-0.2, 0) is 50.9 Å². The molecule has 83 heavy (non-hydrogen) atoms. The lowest BCUT2D eigenvalue weighted by Gasteiger charge is -2.59. The quantitative estimate of drug-likeness (QED) is 0.0238. The van der Waals surface area contributed by atoms with E-state index in [1.54, 1.807) is 61.0 Å². The molecule has 5 unspecified atom stereocenters. The number of fused-ring (bicyclic) bond motifs is 7. The summed E-state index contributed by atoms with van der Waals surface area (Å²) in [6.07, 6.45) is 20.0. The first-order chi connectivity index (χ1) is 39.3. The third-order valence-corrected chi connectivity index (χ3v) is 19.4. The summed E-state index contributed by atoms with van der Waals surface area (Å²) in [5.74, 6) is -2.56. The Balaban J connectivity index is 0.00000900. The number of benzene rings is 2. The molecule has 17 nitrogen and oxygen atoms in total. The molecule has 454 valence electrons. The van der Waals surface area contributed by atoms with Gasteiger partial charge in [-0.1, -0.05) is 108 Å². The van der Waals surface area contributed by atoms with Crippen molar-refractivity contribution in [2.24, 2.45) is 40.4 Å². The van der Waals surface area contributed by atoms with E-state index in [2.05, 4.69) is 41.8 Å². The number of Topliss-reactive ketones (excluding diaryl/α,β-unsaturated/α-hetero) is 1. The highest BCUT2D eigenvalue weighted by atomic mass is 35.5. The molecule has 6 aliphatic rings. The van der Waals surface area contributed by atoms with Crippen LogP contribution in [-0.4, -0.2) is 106 Å². The lowest BCUT2D eigenvalue weighted by molar-refractivity contribution is -0.688. The van der Waals surface area contributed by atoms with Crippen LogP contribution in [0.3, 0.4) is 0 Å². The fraction of sp³-hybridized carbons (Fsp3) is 0.609. The van der Waals surface area contributed by atoms with E-state index in [0.29, 0.717) is 30.5 Å². The Kier molecular flexibility index (Phi) is 21.9. The maximum atomic E-state index is 15.2. The van der Waals surface area contributed by atoms with E-state index < -0.39 is 85.1 Å². The first-order valence-corrected chi connectivity index (χ1v) is 31.7. The van der Waals surface area contributed by atoms with Gasteiger partial charge < -0.3 is 56.7 Å². The molecule has 4 saturated carbocycles. The van der Waals surface area contributed by atoms with E-state index in [-0.39, 0.29) is 72.7 Å². The number of pyridine rings is 1. The second-order valence-electron chi connectivity index (χ2n) is 24.8. The average Bonchev–Trinajstić information content (AvgIpc) is 1.61. The highest BCUT2D eigenvalue weighted by Crippen LogP contribution is 2.70. The SMILES string of the molecule is CC(C)C(NC(=O)c1ccc[n+](Cc2cc(C(O)CNCCCCCCOCCCCc3ccccc3)ccc2OP(=O)(O)O)c1)C(=O)OCC(=O)[C@@]12O[C@H](C3CCCCC3)O[C@H]1CC1C3CCC4=CC(=O)C=C[C@]4(C)C3[C@@H](O)C[C@@]12C.[Cl-]. The number of hydrogen-bond acceptors (Lipinski definition) is 13. The number of aliphatic hydroxyl groups is 2. The number of nitrogens with one attached hydrogen (secondary N) is 2. The summed E-state index contributed by atoms with van der Waals surface area (Å²) in [7, 11) is -4.99. The number of aromatic nitrogens is 1. The van der Waals surface area contributed by atoms with Gasteiger partial charge in [-0.25, -0.2) is 9.36 Å². The number of aryl methyl sites for hydroxylation is 1. The fourth-order valence-corrected chi connectivity index (χ4v) is 15.2. The second kappa shape index (κ2) is 28.2. The highest BCUT2D eigenvalue weighted by Gasteiger charge is 2.76. The Morgan fingerprint density at radius 3 is 2.42 bits per heavy atom. The standard InChI is InChI=1S/C64H86N3O14P.ClH/c1-42(2)58(60(73)78-41-55(71)64-56(79-61(80-64)44-21-11-8-12-22-44)36-51-50-26-25-48-35-49(68)28-29-62(48,3)57(50)52(69)37-63(51,64)4)66-59(72)46-23-17-31-67(39-46)40-47-34-45(24-27-54(47)81-82(74,75)76)53(70)38-65-30-14-5-6-15-32-77-33-16-13-20-43-18-9-7-10-19-43;/h7,9-10,17-19,23-24,27-29,31,34-35,39,42,44,50-53,56-58,61,65,69-70H,5-6,8,11-16,20-22,25-26,30,32-33,36-38,40-41H2,1-4H3,(H2-,66,72,74,75,76);1H/t50?,51?,52-,53?,56-,57?,58?,61+,62-,63-,64+;/m0./s1. The molecule has 1 aliphatic heterocycles. The number of esters is 1. The van der Waals surface area contributed by atoms with Crippen LogP contribution in [0.2, 0.25) is 0 Å². The van der Waals surface area contributed by atoms with Crippen molar-refractivity contribution in [1.82, 2.24) is 10.6 Å². The van der Waals surface area contributed by atoms with Crippen LogP contribution in [0.4, 0.5) is 0 Å². The van der Waals surface area contributed by atoms with Crippen molar-refractivity contribution in [1.29, 1.82) is 0 Å². The topological polar surface area (TPSA) is 240 Å². The molecule has 9 rings (SSSR count). The Hall–Kier alpha value is -4.65. The maximum absolute atomic E-state index is 15.2. The minimum atomic E-state index is -4.99. The van der Waals surface area contributed by atoms with E-state index in [1.807, 2.05) is 19.1 Å². The van der Waals surface area contributed by atoms with E-state index in [4.69, 9.17) is 23.5 Å². The van der Waals surface area contributed by atoms with Crippen molar-refractivity contribution in [3.63, 3.8) is 0 Å². The van der Waals surface area contributed by atoms with Crippen molar-refractivity contribution < 1.29 is 84.2 Å². The van der Waals surface area contributed by atoms with E-state index in [0.717, 1.165) is 102 Å². The number of phosphoric ester groups is 1.